The fourth-order valence-corrected chi connectivity index (χ4v) is 1.08. The lowest BCUT2D eigenvalue weighted by molar-refractivity contribution is 0.0698. The topological polar surface area (TPSA) is 85.5 Å². The average molecular weight is 291 g/mol. The number of nitrogens with zero attached hydrogens (tertiary/aromatic N) is 1. The van der Waals surface area contributed by atoms with E-state index in [1.165, 1.54) is 6.21 Å². The van der Waals surface area contributed by atoms with Crippen molar-refractivity contribution in [2.24, 2.45) is 5.10 Å². The molecule has 0 saturated heterocycles. The molecule has 0 aliphatic heterocycles. The van der Waals surface area contributed by atoms with E-state index in [0.29, 0.717) is 5.69 Å². The Balaban J connectivity index is 0. The normalized spacial score (nSPS) is 9.38. The number of benzene rings is 1. The third-order valence-corrected chi connectivity index (χ3v) is 2.07. The van der Waals surface area contributed by atoms with Crippen LogP contribution >= 0.6 is 0 Å². The maximum absolute atomic E-state index is 10.9. The third kappa shape index (κ3) is 10.1. The summed E-state index contributed by atoms with van der Waals surface area (Å²) in [6, 6.07) is 4.99. The van der Waals surface area contributed by atoms with Gasteiger partial charge in [0.1, 0.15) is 0 Å². The molecule has 1 aromatic rings. The summed E-state index contributed by atoms with van der Waals surface area (Å²) in [7, 11) is 0. The van der Waals surface area contributed by atoms with E-state index < -0.39 is 5.97 Å². The first-order chi connectivity index (χ1) is 10.1. The number of aromatic carboxylic acids is 1. The maximum atomic E-state index is 10.9. The summed E-state index contributed by atoms with van der Waals surface area (Å²) >= 11 is 0. The molecule has 0 heterocycles. The van der Waals surface area contributed by atoms with Crippen molar-refractivity contribution in [1.29, 1.82) is 5.41 Å². The van der Waals surface area contributed by atoms with Crippen molar-refractivity contribution in [3.8, 4) is 0 Å². The molecule has 0 saturated carbocycles. The maximum Gasteiger partial charge on any atom is 0.337 e. The lowest BCUT2D eigenvalue weighted by Gasteiger charge is -2.05. The van der Waals surface area contributed by atoms with Crippen molar-refractivity contribution in [3.05, 3.63) is 41.5 Å². The minimum Gasteiger partial charge on any atom is -0.478 e. The van der Waals surface area contributed by atoms with Crippen LogP contribution in [0.2, 0.25) is 0 Å². The molecule has 1 aromatic carbocycles. The Morgan fingerprint density at radius 2 is 1.86 bits per heavy atom. The van der Waals surface area contributed by atoms with E-state index in [-0.39, 0.29) is 5.56 Å². The lowest BCUT2D eigenvalue weighted by Crippen LogP contribution is -2.02. The van der Waals surface area contributed by atoms with Crippen molar-refractivity contribution in [2.75, 3.05) is 5.43 Å². The van der Waals surface area contributed by atoms with Gasteiger partial charge in [0, 0.05) is 6.21 Å². The molecule has 0 unspecified atom stereocenters. The van der Waals surface area contributed by atoms with Crippen LogP contribution in [0.15, 0.2) is 35.5 Å². The zero-order chi connectivity index (χ0) is 16.7. The van der Waals surface area contributed by atoms with Crippen LogP contribution in [0, 0.1) is 12.3 Å². The van der Waals surface area contributed by atoms with Crippen molar-refractivity contribution in [1.82, 2.24) is 0 Å². The van der Waals surface area contributed by atoms with Gasteiger partial charge < -0.3 is 10.5 Å². The zero-order valence-corrected chi connectivity index (χ0v) is 13.3. The number of aryl methyl sites for hydroxylation is 1. The Bertz CT molecular complexity index is 476. The second kappa shape index (κ2) is 14.0. The molecule has 0 aliphatic carbocycles. The number of hydrogen-bond acceptors (Lipinski definition) is 4. The summed E-state index contributed by atoms with van der Waals surface area (Å²) in [5, 5.41) is 19.3. The van der Waals surface area contributed by atoms with Crippen LogP contribution in [0.3, 0.4) is 0 Å². The van der Waals surface area contributed by atoms with Gasteiger partial charge in [-0.15, -0.1) is 0 Å². The summed E-state index contributed by atoms with van der Waals surface area (Å²) < 4.78 is 0. The average Bonchev–Trinajstić information content (AvgIpc) is 2.51. The number of hydrazone groups is 1. The summed E-state index contributed by atoms with van der Waals surface area (Å²) in [4.78, 5) is 10.9. The van der Waals surface area contributed by atoms with Crippen LogP contribution in [0.5, 0.6) is 0 Å². The highest BCUT2D eigenvalue weighted by atomic mass is 16.4. The van der Waals surface area contributed by atoms with Crippen molar-refractivity contribution in [3.63, 3.8) is 0 Å². The van der Waals surface area contributed by atoms with Crippen LogP contribution in [0.4, 0.5) is 5.69 Å². The molecule has 5 heteroatoms. The minimum atomic E-state index is -1.01. The fourth-order valence-electron chi connectivity index (χ4n) is 1.08. The molecular weight excluding hydrogens is 266 g/mol. The van der Waals surface area contributed by atoms with Gasteiger partial charge in [0.2, 0.25) is 0 Å². The lowest BCUT2D eigenvalue weighted by atomic mass is 10.1. The van der Waals surface area contributed by atoms with E-state index in [0.717, 1.165) is 11.8 Å². The molecule has 116 valence electrons. The number of nitrogens with one attached hydrogen (secondary N) is 2. The van der Waals surface area contributed by atoms with E-state index in [2.05, 4.69) is 10.5 Å². The number of carboxylic acid groups (broad SMARTS) is 1. The quantitative estimate of drug-likeness (QED) is 0.438. The Labute approximate surface area is 126 Å². The first-order valence-corrected chi connectivity index (χ1v) is 6.76. The second-order valence-electron chi connectivity index (χ2n) is 3.58. The molecule has 1 rings (SSSR count). The predicted octanol–water partition coefficient (Wildman–Crippen LogP) is 4.35. The molecule has 0 atom stereocenters. The molecule has 0 aromatic heterocycles. The highest BCUT2D eigenvalue weighted by Gasteiger charge is 2.08. The predicted molar refractivity (Wildman–Crippen MR) is 90.9 cm³/mol. The SMILES string of the molecule is C/C=C\C.CC.Cc1ccc(N/N=C\C=N)c(C(=O)O)c1. The number of carboxylic acids is 1. The van der Waals surface area contributed by atoms with Gasteiger partial charge in [-0.25, -0.2) is 4.79 Å². The van der Waals surface area contributed by atoms with Gasteiger partial charge in [-0.2, -0.15) is 5.10 Å². The Hall–Kier alpha value is -2.43. The fraction of sp³-hybridized carbons (Fsp3) is 0.312. The van der Waals surface area contributed by atoms with Gasteiger partial charge in [0.25, 0.3) is 0 Å². The zero-order valence-electron chi connectivity index (χ0n) is 13.3. The number of rotatable bonds is 4. The van der Waals surface area contributed by atoms with Crippen LogP contribution < -0.4 is 5.43 Å². The Morgan fingerprint density at radius 3 is 2.29 bits per heavy atom. The van der Waals surface area contributed by atoms with E-state index in [1.54, 1.807) is 18.2 Å². The Morgan fingerprint density at radius 1 is 1.29 bits per heavy atom. The van der Waals surface area contributed by atoms with E-state index in [4.69, 9.17) is 10.5 Å². The summed E-state index contributed by atoms with van der Waals surface area (Å²) in [5.74, 6) is -1.01. The van der Waals surface area contributed by atoms with Crippen molar-refractivity contribution >= 4 is 24.1 Å². The first kappa shape index (κ1) is 20.9. The van der Waals surface area contributed by atoms with Gasteiger partial charge in [0.15, 0.2) is 0 Å². The summed E-state index contributed by atoms with van der Waals surface area (Å²) in [6.45, 7) is 9.82. The monoisotopic (exact) mass is 291 g/mol. The van der Waals surface area contributed by atoms with Gasteiger partial charge in [0.05, 0.1) is 17.5 Å². The molecule has 21 heavy (non-hydrogen) atoms. The van der Waals surface area contributed by atoms with Gasteiger partial charge >= 0.3 is 5.97 Å². The molecule has 0 spiro atoms. The molecular formula is C16H25N3O2. The van der Waals surface area contributed by atoms with Crippen LogP contribution in [0.25, 0.3) is 0 Å². The highest BCUT2D eigenvalue weighted by molar-refractivity contribution is 6.14. The largest absolute Gasteiger partial charge is 0.478 e. The molecule has 0 radical (unpaired) electrons. The molecule has 0 amide bonds. The molecule has 3 N–H and O–H groups in total. The van der Waals surface area contributed by atoms with Gasteiger partial charge in [-0.1, -0.05) is 37.6 Å². The summed E-state index contributed by atoms with van der Waals surface area (Å²) in [6.07, 6.45) is 6.23. The van der Waals surface area contributed by atoms with Crippen LogP contribution in [0.1, 0.15) is 43.6 Å². The van der Waals surface area contributed by atoms with E-state index in [9.17, 15) is 4.79 Å². The van der Waals surface area contributed by atoms with Gasteiger partial charge in [-0.05, 0) is 32.9 Å². The molecule has 0 aliphatic rings. The number of allylic oxidation sites excluding steroid dienone is 2. The highest BCUT2D eigenvalue weighted by Crippen LogP contribution is 2.17. The molecule has 0 fully saturated rings. The summed E-state index contributed by atoms with van der Waals surface area (Å²) in [5.41, 5.74) is 4.00. The molecule has 0 bridgehead atoms. The number of hydrogen-bond donors (Lipinski definition) is 3. The third-order valence-electron chi connectivity index (χ3n) is 2.07. The van der Waals surface area contributed by atoms with Crippen LogP contribution in [-0.4, -0.2) is 23.5 Å². The van der Waals surface area contributed by atoms with Crippen LogP contribution in [-0.2, 0) is 0 Å². The van der Waals surface area contributed by atoms with Crippen molar-refractivity contribution < 1.29 is 9.90 Å². The number of anilines is 1. The smallest absolute Gasteiger partial charge is 0.337 e. The number of carbonyl (C=O) groups is 1. The second-order valence-corrected chi connectivity index (χ2v) is 3.58. The standard InChI is InChI=1S/C10H11N3O2.C4H8.C2H6/c1-7-2-3-9(13-12-5-4-11)8(6-7)10(14)15;1-3-4-2;1-2/h2-6,11,13H,1H3,(H,14,15);3-4H,1-2H3;1-2H3/b11-4?,12-5-;4-3-;. The van der Waals surface area contributed by atoms with Gasteiger partial charge in [-0.3, -0.25) is 5.43 Å². The van der Waals surface area contributed by atoms with Crippen molar-refractivity contribution in [2.45, 2.75) is 34.6 Å². The minimum absolute atomic E-state index is 0.164. The van der Waals surface area contributed by atoms with E-state index >= 15 is 0 Å². The molecule has 5 nitrogen and oxygen atoms in total. The first-order valence-electron chi connectivity index (χ1n) is 6.76. The van der Waals surface area contributed by atoms with E-state index in [1.807, 2.05) is 46.8 Å². The Kier molecular flexibility index (Phi) is 13.9.